The Bertz CT molecular complexity index is 458. The Balaban J connectivity index is 1.86. The SMILES string of the molecule is Cc1ccnc(NCCN(C)C2CCCC2)c1C#N. The van der Waals surface area contributed by atoms with Gasteiger partial charge in [0.05, 0.1) is 5.56 Å². The van der Waals surface area contributed by atoms with E-state index in [2.05, 4.69) is 28.3 Å². The molecule has 0 amide bonds. The molecule has 1 heterocycles. The molecule has 19 heavy (non-hydrogen) atoms. The first-order valence-corrected chi connectivity index (χ1v) is 7.02. The number of nitriles is 1. The minimum Gasteiger partial charge on any atom is -0.368 e. The van der Waals surface area contributed by atoms with Crippen LogP contribution in [0.5, 0.6) is 0 Å². The van der Waals surface area contributed by atoms with Crippen LogP contribution < -0.4 is 5.32 Å². The van der Waals surface area contributed by atoms with Crippen LogP contribution in [-0.2, 0) is 0 Å². The fourth-order valence-corrected chi connectivity index (χ4v) is 2.71. The van der Waals surface area contributed by atoms with Gasteiger partial charge < -0.3 is 10.2 Å². The second-order valence-corrected chi connectivity index (χ2v) is 5.31. The zero-order chi connectivity index (χ0) is 13.7. The Kier molecular flexibility index (Phi) is 4.75. The molecule has 2 rings (SSSR count). The van der Waals surface area contributed by atoms with E-state index in [1.165, 1.54) is 25.7 Å². The lowest BCUT2D eigenvalue weighted by Gasteiger charge is -2.24. The van der Waals surface area contributed by atoms with Gasteiger partial charge in [0.2, 0.25) is 0 Å². The lowest BCUT2D eigenvalue weighted by molar-refractivity contribution is 0.254. The van der Waals surface area contributed by atoms with E-state index in [1.807, 2.05) is 13.0 Å². The third-order valence-electron chi connectivity index (χ3n) is 3.98. The van der Waals surface area contributed by atoms with E-state index in [9.17, 15) is 0 Å². The van der Waals surface area contributed by atoms with Crippen molar-refractivity contribution in [2.45, 2.75) is 38.6 Å². The normalized spacial score (nSPS) is 15.7. The molecule has 0 aliphatic heterocycles. The Morgan fingerprint density at radius 3 is 2.89 bits per heavy atom. The van der Waals surface area contributed by atoms with Gasteiger partial charge >= 0.3 is 0 Å². The summed E-state index contributed by atoms with van der Waals surface area (Å²) in [4.78, 5) is 6.67. The number of hydrogen-bond donors (Lipinski definition) is 1. The number of anilines is 1. The highest BCUT2D eigenvalue weighted by Crippen LogP contribution is 2.22. The molecule has 0 unspecified atom stereocenters. The lowest BCUT2D eigenvalue weighted by Crippen LogP contribution is -2.33. The van der Waals surface area contributed by atoms with Gasteiger partial charge in [0, 0.05) is 25.3 Å². The molecule has 1 aromatic heterocycles. The molecule has 1 aromatic rings. The maximum Gasteiger partial charge on any atom is 0.144 e. The molecule has 1 aliphatic carbocycles. The van der Waals surface area contributed by atoms with Gasteiger partial charge in [0.15, 0.2) is 0 Å². The van der Waals surface area contributed by atoms with Gasteiger partial charge in [-0.25, -0.2) is 4.98 Å². The summed E-state index contributed by atoms with van der Waals surface area (Å²) in [7, 11) is 2.19. The van der Waals surface area contributed by atoms with Crippen molar-refractivity contribution in [3.8, 4) is 6.07 Å². The molecule has 1 saturated carbocycles. The third-order valence-corrected chi connectivity index (χ3v) is 3.98. The first-order chi connectivity index (χ1) is 9.22. The number of likely N-dealkylation sites (N-methyl/N-ethyl adjacent to an activating group) is 1. The monoisotopic (exact) mass is 258 g/mol. The van der Waals surface area contributed by atoms with Crippen molar-refractivity contribution in [1.29, 1.82) is 5.26 Å². The number of pyridine rings is 1. The Morgan fingerprint density at radius 1 is 1.47 bits per heavy atom. The summed E-state index contributed by atoms with van der Waals surface area (Å²) in [5, 5.41) is 12.4. The van der Waals surface area contributed by atoms with Gasteiger partial charge in [0.1, 0.15) is 11.9 Å². The van der Waals surface area contributed by atoms with Crippen LogP contribution in [0, 0.1) is 18.3 Å². The van der Waals surface area contributed by atoms with E-state index in [-0.39, 0.29) is 0 Å². The fourth-order valence-electron chi connectivity index (χ4n) is 2.71. The highest BCUT2D eigenvalue weighted by Gasteiger charge is 2.18. The van der Waals surface area contributed by atoms with Crippen LogP contribution >= 0.6 is 0 Å². The van der Waals surface area contributed by atoms with Gasteiger partial charge in [-0.15, -0.1) is 0 Å². The molecule has 4 nitrogen and oxygen atoms in total. The van der Waals surface area contributed by atoms with Crippen molar-refractivity contribution in [3.63, 3.8) is 0 Å². The van der Waals surface area contributed by atoms with Crippen LogP contribution in [0.25, 0.3) is 0 Å². The van der Waals surface area contributed by atoms with Crippen LogP contribution in [-0.4, -0.2) is 36.1 Å². The molecule has 0 bridgehead atoms. The van der Waals surface area contributed by atoms with E-state index >= 15 is 0 Å². The molecular formula is C15H22N4. The van der Waals surface area contributed by atoms with Crippen molar-refractivity contribution >= 4 is 5.82 Å². The summed E-state index contributed by atoms with van der Waals surface area (Å²) in [6, 6.07) is 4.83. The largest absolute Gasteiger partial charge is 0.368 e. The van der Waals surface area contributed by atoms with Crippen LogP contribution in [0.2, 0.25) is 0 Å². The Labute approximate surface area is 115 Å². The van der Waals surface area contributed by atoms with Gasteiger partial charge in [0.25, 0.3) is 0 Å². The molecule has 102 valence electrons. The minimum absolute atomic E-state index is 0.658. The van der Waals surface area contributed by atoms with E-state index < -0.39 is 0 Å². The number of nitrogens with one attached hydrogen (secondary N) is 1. The van der Waals surface area contributed by atoms with Crippen LogP contribution in [0.3, 0.4) is 0 Å². The molecular weight excluding hydrogens is 236 g/mol. The van der Waals surface area contributed by atoms with Gasteiger partial charge in [-0.05, 0) is 38.4 Å². The van der Waals surface area contributed by atoms with Gasteiger partial charge in [-0.3, -0.25) is 0 Å². The predicted octanol–water partition coefficient (Wildman–Crippen LogP) is 2.55. The number of hydrogen-bond acceptors (Lipinski definition) is 4. The lowest BCUT2D eigenvalue weighted by atomic mass is 10.1. The zero-order valence-electron chi connectivity index (χ0n) is 11.8. The van der Waals surface area contributed by atoms with Crippen molar-refractivity contribution in [1.82, 2.24) is 9.88 Å². The molecule has 0 atom stereocenters. The maximum absolute atomic E-state index is 9.14. The highest BCUT2D eigenvalue weighted by atomic mass is 15.1. The van der Waals surface area contributed by atoms with Gasteiger partial charge in [-0.2, -0.15) is 5.26 Å². The maximum atomic E-state index is 9.14. The third kappa shape index (κ3) is 3.45. The number of aryl methyl sites for hydroxylation is 1. The molecule has 0 aromatic carbocycles. The van der Waals surface area contributed by atoms with Crippen molar-refractivity contribution in [3.05, 3.63) is 23.4 Å². The number of aromatic nitrogens is 1. The van der Waals surface area contributed by atoms with Crippen molar-refractivity contribution in [2.75, 3.05) is 25.5 Å². The van der Waals surface area contributed by atoms with Crippen LogP contribution in [0.4, 0.5) is 5.82 Å². The van der Waals surface area contributed by atoms with Crippen LogP contribution in [0.1, 0.15) is 36.8 Å². The summed E-state index contributed by atoms with van der Waals surface area (Å²) in [5.41, 5.74) is 1.63. The number of nitrogens with zero attached hydrogens (tertiary/aromatic N) is 3. The highest BCUT2D eigenvalue weighted by molar-refractivity contribution is 5.55. The summed E-state index contributed by atoms with van der Waals surface area (Å²) in [6.07, 6.45) is 7.12. The molecule has 4 heteroatoms. The fraction of sp³-hybridized carbons (Fsp3) is 0.600. The Hall–Kier alpha value is -1.60. The first-order valence-electron chi connectivity index (χ1n) is 7.02. The quantitative estimate of drug-likeness (QED) is 0.882. The molecule has 0 saturated heterocycles. The summed E-state index contributed by atoms with van der Waals surface area (Å²) < 4.78 is 0. The number of rotatable bonds is 5. The van der Waals surface area contributed by atoms with Gasteiger partial charge in [-0.1, -0.05) is 12.8 Å². The smallest absolute Gasteiger partial charge is 0.144 e. The van der Waals surface area contributed by atoms with E-state index in [0.717, 1.165) is 24.7 Å². The average molecular weight is 258 g/mol. The first kappa shape index (κ1) is 13.8. The summed E-state index contributed by atoms with van der Waals surface area (Å²) in [5.74, 6) is 0.710. The second-order valence-electron chi connectivity index (χ2n) is 5.31. The zero-order valence-corrected chi connectivity index (χ0v) is 11.8. The standard InChI is InChI=1S/C15H22N4/c1-12-7-8-17-15(14(12)11-16)18-9-10-19(2)13-5-3-4-6-13/h7-8,13H,3-6,9-10H2,1-2H3,(H,17,18). The van der Waals surface area contributed by atoms with Crippen LogP contribution in [0.15, 0.2) is 12.3 Å². The van der Waals surface area contributed by atoms with E-state index in [1.54, 1.807) is 6.20 Å². The topological polar surface area (TPSA) is 52.0 Å². The second kappa shape index (κ2) is 6.53. The molecule has 1 aliphatic rings. The van der Waals surface area contributed by atoms with Crippen molar-refractivity contribution in [2.24, 2.45) is 0 Å². The van der Waals surface area contributed by atoms with E-state index in [0.29, 0.717) is 11.4 Å². The molecule has 1 N–H and O–H groups in total. The summed E-state index contributed by atoms with van der Waals surface area (Å²) >= 11 is 0. The average Bonchev–Trinajstić information content (AvgIpc) is 2.93. The minimum atomic E-state index is 0.658. The van der Waals surface area contributed by atoms with Crippen molar-refractivity contribution < 1.29 is 0 Å². The Morgan fingerprint density at radius 2 is 2.21 bits per heavy atom. The molecule has 0 spiro atoms. The molecule has 1 fully saturated rings. The predicted molar refractivity (Wildman–Crippen MR) is 77.1 cm³/mol. The van der Waals surface area contributed by atoms with E-state index in [4.69, 9.17) is 5.26 Å². The summed E-state index contributed by atoms with van der Waals surface area (Å²) in [6.45, 7) is 3.76. The molecule has 0 radical (unpaired) electrons.